The van der Waals surface area contributed by atoms with Crippen LogP contribution in [0.4, 0.5) is 0 Å². The van der Waals surface area contributed by atoms with E-state index in [1.807, 2.05) is 0 Å². The molecule has 2 rings (SSSR count). The van der Waals surface area contributed by atoms with Gasteiger partial charge in [0.05, 0.1) is 26.3 Å². The second-order valence-corrected chi connectivity index (χ2v) is 5.91. The molecule has 1 saturated carbocycles. The molecule has 0 atom stereocenters. The normalized spacial score (nSPS) is 16.6. The Kier molecular flexibility index (Phi) is 6.72. The zero-order chi connectivity index (χ0) is 15.8. The van der Waals surface area contributed by atoms with Crippen LogP contribution in [0.3, 0.4) is 0 Å². The summed E-state index contributed by atoms with van der Waals surface area (Å²) >= 11 is 0. The van der Waals surface area contributed by atoms with E-state index < -0.39 is 0 Å². The average molecular weight is 305 g/mol. The summed E-state index contributed by atoms with van der Waals surface area (Å²) in [5, 5.41) is 3.43. The lowest BCUT2D eigenvalue weighted by Gasteiger charge is -2.21. The Morgan fingerprint density at radius 1 is 1.09 bits per heavy atom. The van der Waals surface area contributed by atoms with Gasteiger partial charge in [-0.25, -0.2) is 0 Å². The number of carbonyl (C=O) groups is 1. The molecular formula is C18H27NO3. The van der Waals surface area contributed by atoms with Crippen LogP contribution in [0, 0.1) is 0 Å². The maximum absolute atomic E-state index is 12.5. The van der Waals surface area contributed by atoms with Crippen LogP contribution in [0.25, 0.3) is 0 Å². The standard InChI is InChI=1S/C18H27NO3/c1-21-15-10-11-18(22-2)16(12-15)17(20)13-19-14-8-6-4-3-5-7-9-14/h10-12,14,19H,3-9,13H2,1-2H3. The highest BCUT2D eigenvalue weighted by molar-refractivity contribution is 6.00. The summed E-state index contributed by atoms with van der Waals surface area (Å²) in [6.45, 7) is 0.355. The van der Waals surface area contributed by atoms with Crippen LogP contribution in [-0.4, -0.2) is 32.6 Å². The summed E-state index contributed by atoms with van der Waals surface area (Å²) in [5.41, 5.74) is 0.584. The smallest absolute Gasteiger partial charge is 0.180 e. The number of carbonyl (C=O) groups excluding carboxylic acids is 1. The summed E-state index contributed by atoms with van der Waals surface area (Å²) < 4.78 is 10.5. The fourth-order valence-electron chi connectivity index (χ4n) is 3.02. The van der Waals surface area contributed by atoms with Gasteiger partial charge in [-0.2, -0.15) is 0 Å². The third-order valence-electron chi connectivity index (χ3n) is 4.36. The van der Waals surface area contributed by atoms with Crippen molar-refractivity contribution in [3.05, 3.63) is 23.8 Å². The Labute approximate surface area is 133 Å². The molecule has 0 heterocycles. The van der Waals surface area contributed by atoms with E-state index in [9.17, 15) is 4.79 Å². The zero-order valence-electron chi connectivity index (χ0n) is 13.7. The summed E-state index contributed by atoms with van der Waals surface area (Å²) in [5.74, 6) is 1.33. The summed E-state index contributed by atoms with van der Waals surface area (Å²) in [4.78, 5) is 12.5. The average Bonchev–Trinajstić information content (AvgIpc) is 2.53. The molecule has 0 bridgehead atoms. The van der Waals surface area contributed by atoms with E-state index in [1.165, 1.54) is 44.9 Å². The third kappa shape index (κ3) is 4.73. The molecule has 1 aliphatic carbocycles. The first-order valence-corrected chi connectivity index (χ1v) is 8.23. The van der Waals surface area contributed by atoms with Crippen LogP contribution in [0.2, 0.25) is 0 Å². The molecule has 0 spiro atoms. The van der Waals surface area contributed by atoms with Gasteiger partial charge >= 0.3 is 0 Å². The van der Waals surface area contributed by atoms with Crippen molar-refractivity contribution < 1.29 is 14.3 Å². The van der Waals surface area contributed by atoms with Crippen molar-refractivity contribution in [1.82, 2.24) is 5.32 Å². The minimum Gasteiger partial charge on any atom is -0.497 e. The van der Waals surface area contributed by atoms with Gasteiger partial charge in [0.25, 0.3) is 0 Å². The molecule has 0 radical (unpaired) electrons. The number of nitrogens with one attached hydrogen (secondary N) is 1. The van der Waals surface area contributed by atoms with Crippen molar-refractivity contribution in [2.45, 2.75) is 51.0 Å². The first-order valence-electron chi connectivity index (χ1n) is 8.23. The van der Waals surface area contributed by atoms with Crippen LogP contribution < -0.4 is 14.8 Å². The Morgan fingerprint density at radius 2 is 1.77 bits per heavy atom. The van der Waals surface area contributed by atoms with E-state index in [-0.39, 0.29) is 5.78 Å². The van der Waals surface area contributed by atoms with Crippen molar-refractivity contribution >= 4 is 5.78 Å². The number of Topliss-reactive ketones (excluding diaryl/α,β-unsaturated/α-hetero) is 1. The quantitative estimate of drug-likeness (QED) is 0.816. The van der Waals surface area contributed by atoms with Gasteiger partial charge in [-0.1, -0.05) is 32.1 Å². The van der Waals surface area contributed by atoms with Gasteiger partial charge in [0.15, 0.2) is 5.78 Å². The zero-order valence-corrected chi connectivity index (χ0v) is 13.7. The molecule has 0 unspecified atom stereocenters. The minimum atomic E-state index is 0.0535. The van der Waals surface area contributed by atoms with Crippen LogP contribution in [-0.2, 0) is 0 Å². The topological polar surface area (TPSA) is 47.6 Å². The van der Waals surface area contributed by atoms with E-state index in [1.54, 1.807) is 32.4 Å². The van der Waals surface area contributed by atoms with Crippen molar-refractivity contribution in [2.24, 2.45) is 0 Å². The van der Waals surface area contributed by atoms with Crippen molar-refractivity contribution in [1.29, 1.82) is 0 Å². The van der Waals surface area contributed by atoms with E-state index in [4.69, 9.17) is 9.47 Å². The summed E-state index contributed by atoms with van der Waals surface area (Å²) in [6, 6.07) is 5.79. The van der Waals surface area contributed by atoms with Crippen molar-refractivity contribution in [2.75, 3.05) is 20.8 Å². The van der Waals surface area contributed by atoms with Crippen LogP contribution in [0.15, 0.2) is 18.2 Å². The second-order valence-electron chi connectivity index (χ2n) is 5.91. The number of rotatable bonds is 6. The number of ketones is 1. The van der Waals surface area contributed by atoms with Gasteiger partial charge in [-0.3, -0.25) is 4.79 Å². The molecule has 0 saturated heterocycles. The molecule has 1 fully saturated rings. The van der Waals surface area contributed by atoms with Crippen molar-refractivity contribution in [3.8, 4) is 11.5 Å². The molecular weight excluding hydrogens is 278 g/mol. The number of hydrogen-bond acceptors (Lipinski definition) is 4. The predicted molar refractivity (Wildman–Crippen MR) is 88.0 cm³/mol. The Balaban J connectivity index is 1.96. The fourth-order valence-corrected chi connectivity index (χ4v) is 3.02. The van der Waals surface area contributed by atoms with E-state index in [0.29, 0.717) is 29.6 Å². The first-order chi connectivity index (χ1) is 10.7. The Morgan fingerprint density at radius 3 is 2.41 bits per heavy atom. The van der Waals surface area contributed by atoms with Gasteiger partial charge in [0.2, 0.25) is 0 Å². The van der Waals surface area contributed by atoms with Crippen LogP contribution >= 0.6 is 0 Å². The molecule has 0 aliphatic heterocycles. The van der Waals surface area contributed by atoms with Crippen molar-refractivity contribution in [3.63, 3.8) is 0 Å². The monoisotopic (exact) mass is 305 g/mol. The summed E-state index contributed by atoms with van der Waals surface area (Å²) in [7, 11) is 3.18. The van der Waals surface area contributed by atoms with Gasteiger partial charge < -0.3 is 14.8 Å². The largest absolute Gasteiger partial charge is 0.497 e. The Bertz CT molecular complexity index is 479. The SMILES string of the molecule is COc1ccc(OC)c(C(=O)CNC2CCCCCCC2)c1. The lowest BCUT2D eigenvalue weighted by atomic mass is 9.96. The molecule has 1 aliphatic rings. The number of benzene rings is 1. The molecule has 4 heteroatoms. The minimum absolute atomic E-state index is 0.0535. The number of ether oxygens (including phenoxy) is 2. The second kappa shape index (κ2) is 8.79. The first kappa shape index (κ1) is 16.8. The highest BCUT2D eigenvalue weighted by Gasteiger charge is 2.16. The Hall–Kier alpha value is -1.55. The van der Waals surface area contributed by atoms with Gasteiger partial charge in [-0.05, 0) is 31.0 Å². The molecule has 1 aromatic carbocycles. The maximum atomic E-state index is 12.5. The predicted octanol–water partition coefficient (Wildman–Crippen LogP) is 3.59. The molecule has 122 valence electrons. The van der Waals surface area contributed by atoms with Gasteiger partial charge in [0.1, 0.15) is 11.5 Å². The highest BCUT2D eigenvalue weighted by atomic mass is 16.5. The van der Waals surface area contributed by atoms with Crippen LogP contribution in [0.1, 0.15) is 55.3 Å². The van der Waals surface area contributed by atoms with Crippen LogP contribution in [0.5, 0.6) is 11.5 Å². The fraction of sp³-hybridized carbons (Fsp3) is 0.611. The van der Waals surface area contributed by atoms with Gasteiger partial charge in [-0.15, -0.1) is 0 Å². The number of hydrogen-bond donors (Lipinski definition) is 1. The maximum Gasteiger partial charge on any atom is 0.180 e. The lowest BCUT2D eigenvalue weighted by molar-refractivity contribution is 0.0982. The van der Waals surface area contributed by atoms with E-state index in [2.05, 4.69) is 5.32 Å². The van der Waals surface area contributed by atoms with E-state index >= 15 is 0 Å². The molecule has 4 nitrogen and oxygen atoms in total. The van der Waals surface area contributed by atoms with Gasteiger partial charge in [0, 0.05) is 6.04 Å². The molecule has 1 N–H and O–H groups in total. The molecule has 0 amide bonds. The summed E-state index contributed by atoms with van der Waals surface area (Å²) in [6.07, 6.45) is 8.84. The molecule has 0 aromatic heterocycles. The number of methoxy groups -OCH3 is 2. The lowest BCUT2D eigenvalue weighted by Crippen LogP contribution is -2.34. The highest BCUT2D eigenvalue weighted by Crippen LogP contribution is 2.24. The third-order valence-corrected chi connectivity index (χ3v) is 4.36. The molecule has 22 heavy (non-hydrogen) atoms. The molecule has 1 aromatic rings. The van der Waals surface area contributed by atoms with E-state index in [0.717, 1.165) is 0 Å².